The van der Waals surface area contributed by atoms with Gasteiger partial charge in [-0.05, 0) is 43.0 Å². The number of hydrogen-bond acceptors (Lipinski definition) is 4. The fourth-order valence-corrected chi connectivity index (χ4v) is 2.64. The van der Waals surface area contributed by atoms with E-state index in [4.69, 9.17) is 4.42 Å². The number of carbonyl (C=O) groups excluding carboxylic acids is 2. The fraction of sp³-hybridized carbons (Fsp3) is 0.333. The molecule has 0 aliphatic heterocycles. The molecule has 0 spiro atoms. The molecule has 0 aliphatic rings. The maximum absolute atomic E-state index is 12.6. The van der Waals surface area contributed by atoms with E-state index in [0.717, 1.165) is 11.3 Å². The van der Waals surface area contributed by atoms with E-state index in [9.17, 15) is 9.59 Å². The molecule has 1 atom stereocenters. The average molecular weight is 346 g/mol. The van der Waals surface area contributed by atoms with Gasteiger partial charge in [0.15, 0.2) is 0 Å². The molecule has 1 unspecified atom stereocenters. The van der Waals surface area contributed by atoms with Gasteiger partial charge in [-0.3, -0.25) is 9.59 Å². The molecule has 5 nitrogen and oxygen atoms in total. The minimum absolute atomic E-state index is 0.0641. The van der Waals surface area contributed by atoms with Gasteiger partial charge < -0.3 is 14.6 Å². The minimum Gasteiger partial charge on any atom is -0.467 e. The Morgan fingerprint density at radius 2 is 1.92 bits per heavy atom. The Morgan fingerprint density at radius 3 is 2.46 bits per heavy atom. The van der Waals surface area contributed by atoms with E-state index in [0.29, 0.717) is 18.7 Å². The first-order valence-electron chi connectivity index (χ1n) is 7.70. The van der Waals surface area contributed by atoms with Crippen LogP contribution in [0.15, 0.2) is 47.1 Å². The van der Waals surface area contributed by atoms with Crippen LogP contribution in [0.2, 0.25) is 0 Å². The summed E-state index contributed by atoms with van der Waals surface area (Å²) in [6.45, 7) is 2.79. The van der Waals surface area contributed by atoms with Gasteiger partial charge in [0, 0.05) is 19.2 Å². The second-order valence-electron chi connectivity index (χ2n) is 5.43. The Kier molecular flexibility index (Phi) is 6.49. The molecule has 1 N–H and O–H groups in total. The molecule has 24 heavy (non-hydrogen) atoms. The van der Waals surface area contributed by atoms with Gasteiger partial charge in [-0.15, -0.1) is 0 Å². The highest BCUT2D eigenvalue weighted by molar-refractivity contribution is 7.99. The summed E-state index contributed by atoms with van der Waals surface area (Å²) in [5, 5.41) is 2.47. The number of benzene rings is 1. The molecule has 0 bridgehead atoms. The van der Waals surface area contributed by atoms with Gasteiger partial charge in [0.05, 0.1) is 18.1 Å². The van der Waals surface area contributed by atoms with Gasteiger partial charge in [0.2, 0.25) is 5.91 Å². The first-order valence-corrected chi connectivity index (χ1v) is 8.99. The molecule has 1 heterocycles. The number of nitrogens with zero attached hydrogens (tertiary/aromatic N) is 1. The van der Waals surface area contributed by atoms with Crippen LogP contribution in [-0.2, 0) is 17.9 Å². The summed E-state index contributed by atoms with van der Waals surface area (Å²) in [7, 11) is 1.60. The predicted molar refractivity (Wildman–Crippen MR) is 95.8 cm³/mol. The Morgan fingerprint density at radius 1 is 1.21 bits per heavy atom. The third-order valence-electron chi connectivity index (χ3n) is 3.76. The molecule has 1 aromatic heterocycles. The second kappa shape index (κ2) is 8.59. The van der Waals surface area contributed by atoms with Crippen molar-refractivity contribution in [1.29, 1.82) is 0 Å². The zero-order valence-corrected chi connectivity index (χ0v) is 14.9. The lowest BCUT2D eigenvalue weighted by atomic mass is 10.1. The molecule has 0 saturated carbocycles. The maximum Gasteiger partial charge on any atom is 0.251 e. The number of carbonyl (C=O) groups is 2. The van der Waals surface area contributed by atoms with Crippen molar-refractivity contribution in [3.8, 4) is 0 Å². The van der Waals surface area contributed by atoms with Crippen molar-refractivity contribution in [2.45, 2.75) is 25.3 Å². The monoisotopic (exact) mass is 346 g/mol. The van der Waals surface area contributed by atoms with Crippen molar-refractivity contribution in [2.75, 3.05) is 13.3 Å². The molecular formula is C18H22N2O3S. The molecule has 0 fully saturated rings. The summed E-state index contributed by atoms with van der Waals surface area (Å²) in [6.07, 6.45) is 3.53. The van der Waals surface area contributed by atoms with E-state index in [-0.39, 0.29) is 17.1 Å². The quantitative estimate of drug-likeness (QED) is 0.837. The van der Waals surface area contributed by atoms with Crippen LogP contribution in [0, 0.1) is 0 Å². The lowest BCUT2D eigenvalue weighted by Gasteiger charge is -2.24. The average Bonchev–Trinajstić information content (AvgIpc) is 3.12. The van der Waals surface area contributed by atoms with Crippen LogP contribution in [0.1, 0.15) is 28.6 Å². The number of amides is 2. The van der Waals surface area contributed by atoms with Gasteiger partial charge >= 0.3 is 0 Å². The van der Waals surface area contributed by atoms with Crippen molar-refractivity contribution in [3.05, 3.63) is 59.5 Å². The normalized spacial score (nSPS) is 11.8. The third kappa shape index (κ3) is 4.64. The van der Waals surface area contributed by atoms with Crippen molar-refractivity contribution >= 4 is 23.6 Å². The third-order valence-corrected chi connectivity index (χ3v) is 4.67. The highest BCUT2D eigenvalue weighted by atomic mass is 32.2. The molecule has 0 aliphatic carbocycles. The molecule has 1 aromatic carbocycles. The van der Waals surface area contributed by atoms with Crippen LogP contribution in [-0.4, -0.2) is 35.3 Å². The Hall–Kier alpha value is -2.21. The van der Waals surface area contributed by atoms with E-state index >= 15 is 0 Å². The molecule has 2 rings (SSSR count). The van der Waals surface area contributed by atoms with Crippen molar-refractivity contribution in [1.82, 2.24) is 10.2 Å². The number of rotatable bonds is 7. The van der Waals surface area contributed by atoms with E-state index in [1.54, 1.807) is 30.3 Å². The van der Waals surface area contributed by atoms with Crippen molar-refractivity contribution < 1.29 is 14.0 Å². The zero-order valence-electron chi connectivity index (χ0n) is 14.1. The molecule has 128 valence electrons. The second-order valence-corrected chi connectivity index (χ2v) is 6.61. The summed E-state index contributed by atoms with van der Waals surface area (Å²) < 4.78 is 5.38. The molecule has 2 aromatic rings. The van der Waals surface area contributed by atoms with Crippen LogP contribution in [0.25, 0.3) is 0 Å². The SMILES string of the molecule is CNC(=O)c1ccc(CN(Cc2ccco2)C(=O)C(C)SC)cc1. The van der Waals surface area contributed by atoms with Crippen LogP contribution in [0.5, 0.6) is 0 Å². The molecule has 6 heteroatoms. The van der Waals surface area contributed by atoms with E-state index in [2.05, 4.69) is 5.32 Å². The smallest absolute Gasteiger partial charge is 0.251 e. The van der Waals surface area contributed by atoms with Crippen LogP contribution in [0.4, 0.5) is 0 Å². The lowest BCUT2D eigenvalue weighted by molar-refractivity contribution is -0.131. The maximum atomic E-state index is 12.6. The Bertz CT molecular complexity index is 668. The number of hydrogen-bond donors (Lipinski definition) is 1. The lowest BCUT2D eigenvalue weighted by Crippen LogP contribution is -2.35. The summed E-state index contributed by atoms with van der Waals surface area (Å²) in [5.74, 6) is 0.689. The number of furan rings is 1. The van der Waals surface area contributed by atoms with Crippen LogP contribution in [0.3, 0.4) is 0 Å². The molecule has 2 amide bonds. The Balaban J connectivity index is 2.14. The van der Waals surface area contributed by atoms with Crippen molar-refractivity contribution in [3.63, 3.8) is 0 Å². The summed E-state index contributed by atoms with van der Waals surface area (Å²) in [4.78, 5) is 26.0. The fourth-order valence-electron chi connectivity index (χ4n) is 2.29. The van der Waals surface area contributed by atoms with Gasteiger partial charge in [-0.25, -0.2) is 0 Å². The van der Waals surface area contributed by atoms with Crippen LogP contribution >= 0.6 is 11.8 Å². The molecular weight excluding hydrogens is 324 g/mol. The van der Waals surface area contributed by atoms with Gasteiger partial charge in [0.1, 0.15) is 5.76 Å². The standard InChI is InChI=1S/C18H22N2O3S/c1-13(24-3)18(22)20(12-16-5-4-10-23-16)11-14-6-8-15(9-7-14)17(21)19-2/h4-10,13H,11-12H2,1-3H3,(H,19,21). The first kappa shape index (κ1) is 18.1. The Labute approximate surface area is 146 Å². The van der Waals surface area contributed by atoms with Gasteiger partial charge in [-0.2, -0.15) is 11.8 Å². The topological polar surface area (TPSA) is 62.6 Å². The predicted octanol–water partition coefficient (Wildman–Crippen LogP) is 2.92. The zero-order chi connectivity index (χ0) is 17.5. The largest absolute Gasteiger partial charge is 0.467 e. The minimum atomic E-state index is -0.124. The molecule has 0 radical (unpaired) electrons. The van der Waals surface area contributed by atoms with E-state index < -0.39 is 0 Å². The summed E-state index contributed by atoms with van der Waals surface area (Å²) in [6, 6.07) is 10.9. The first-order chi connectivity index (χ1) is 11.5. The van der Waals surface area contributed by atoms with Gasteiger partial charge in [0.25, 0.3) is 5.91 Å². The highest BCUT2D eigenvalue weighted by Gasteiger charge is 2.21. The van der Waals surface area contributed by atoms with E-state index in [1.165, 1.54) is 11.8 Å². The number of nitrogens with one attached hydrogen (secondary N) is 1. The highest BCUT2D eigenvalue weighted by Crippen LogP contribution is 2.17. The van der Waals surface area contributed by atoms with Gasteiger partial charge in [-0.1, -0.05) is 12.1 Å². The number of thioether (sulfide) groups is 1. The summed E-state index contributed by atoms with van der Waals surface area (Å²) >= 11 is 1.52. The molecule has 0 saturated heterocycles. The summed E-state index contributed by atoms with van der Waals surface area (Å²) in [5.41, 5.74) is 1.57. The van der Waals surface area contributed by atoms with Crippen LogP contribution < -0.4 is 5.32 Å². The van der Waals surface area contributed by atoms with Crippen molar-refractivity contribution in [2.24, 2.45) is 0 Å². The van der Waals surface area contributed by atoms with E-state index in [1.807, 2.05) is 37.4 Å².